The van der Waals surface area contributed by atoms with E-state index >= 15 is 0 Å². The number of pyridine rings is 1. The molecule has 0 saturated carbocycles. The average molecular weight is 850 g/mol. The lowest BCUT2D eigenvalue weighted by Crippen LogP contribution is -2.50. The highest BCUT2D eigenvalue weighted by atomic mass is 28.1. The number of aromatic nitrogens is 1. The summed E-state index contributed by atoms with van der Waals surface area (Å²) in [5.41, 5.74) is 0.889. The third-order valence-corrected chi connectivity index (χ3v) is 10.7. The number of carbonyl (C=O) groups is 3. The molecule has 19 nitrogen and oxygen atoms in total. The lowest BCUT2D eigenvalue weighted by molar-refractivity contribution is -0.138. The second-order valence-corrected chi connectivity index (χ2v) is 14.4. The molecule has 2 rings (SSSR count). The van der Waals surface area contributed by atoms with Crippen molar-refractivity contribution in [3.8, 4) is 0 Å². The van der Waals surface area contributed by atoms with Crippen molar-refractivity contribution in [1.82, 2.24) is 15.2 Å². The molecule has 20 heteroatoms. The Morgan fingerprint density at radius 2 is 1.00 bits per heavy atom. The van der Waals surface area contributed by atoms with E-state index < -0.39 is 17.0 Å². The molecule has 2 atom stereocenters. The number of nitrogens with zero attached hydrogens (tertiary/aromatic N) is 2. The van der Waals surface area contributed by atoms with Crippen molar-refractivity contribution in [2.75, 3.05) is 172 Å². The van der Waals surface area contributed by atoms with Gasteiger partial charge < -0.3 is 72.2 Å². The molecular formula is C38H67N3O16Si. The molecule has 2 amide bonds. The Bertz CT molecular complexity index is 1180. The molecule has 0 aliphatic carbocycles. The van der Waals surface area contributed by atoms with Crippen LogP contribution in [0.15, 0.2) is 24.5 Å². The third-order valence-electron chi connectivity index (χ3n) is 8.79. The summed E-state index contributed by atoms with van der Waals surface area (Å²) in [6.45, 7) is 10.8. The standard InChI is InChI=1S/C38H67N3O16Si/c1-41-35(42)31-34(38(41,58)33-3-2-5-39-32-33)37(45)40-6-8-47-10-12-49-14-16-51-18-20-53-22-24-55-26-28-57-30-29-56-27-25-54-23-21-52-19-17-50-15-13-48-11-9-46-7-4-36(43)44/h2-3,5,32,34H,4,6-31H2,1,58H3,(H,40,45)(H,43,44)/t34-,38+/m1/s1. The molecule has 0 bridgehead atoms. The van der Waals surface area contributed by atoms with Gasteiger partial charge >= 0.3 is 5.97 Å². The normalized spacial score (nSPS) is 16.7. The van der Waals surface area contributed by atoms with Gasteiger partial charge in [-0.1, -0.05) is 6.07 Å². The summed E-state index contributed by atoms with van der Waals surface area (Å²) < 4.78 is 65.3. The van der Waals surface area contributed by atoms with Crippen molar-refractivity contribution in [2.24, 2.45) is 5.92 Å². The van der Waals surface area contributed by atoms with Gasteiger partial charge in [0.15, 0.2) is 0 Å². The van der Waals surface area contributed by atoms with Crippen molar-refractivity contribution in [3.63, 3.8) is 0 Å². The van der Waals surface area contributed by atoms with Gasteiger partial charge in [-0.3, -0.25) is 19.4 Å². The molecule has 334 valence electrons. The second kappa shape index (κ2) is 35.1. The molecule has 2 heterocycles. The van der Waals surface area contributed by atoms with E-state index in [0.717, 1.165) is 5.56 Å². The summed E-state index contributed by atoms with van der Waals surface area (Å²) in [5.74, 6) is -1.52. The number of rotatable bonds is 41. The molecule has 1 saturated heterocycles. The summed E-state index contributed by atoms with van der Waals surface area (Å²) in [6, 6.07) is 3.75. The van der Waals surface area contributed by atoms with Gasteiger partial charge in [-0.05, 0) is 11.6 Å². The van der Waals surface area contributed by atoms with Crippen molar-refractivity contribution >= 4 is 28.0 Å². The highest BCUT2D eigenvalue weighted by molar-refractivity contribution is 6.20. The van der Waals surface area contributed by atoms with Crippen LogP contribution in [0.4, 0.5) is 0 Å². The monoisotopic (exact) mass is 849 g/mol. The number of likely N-dealkylation sites (tertiary alicyclic amines) is 1. The number of hydrogen-bond acceptors (Lipinski definition) is 16. The van der Waals surface area contributed by atoms with E-state index in [1.54, 1.807) is 24.3 Å². The maximum Gasteiger partial charge on any atom is 0.305 e. The molecule has 0 unspecified atom stereocenters. The van der Waals surface area contributed by atoms with E-state index in [1.165, 1.54) is 0 Å². The minimum absolute atomic E-state index is 0.00960. The summed E-state index contributed by atoms with van der Waals surface area (Å²) in [6.07, 6.45) is 3.60. The van der Waals surface area contributed by atoms with Gasteiger partial charge in [-0.25, -0.2) is 0 Å². The summed E-state index contributed by atoms with van der Waals surface area (Å²) in [4.78, 5) is 41.7. The zero-order valence-corrected chi connectivity index (χ0v) is 36.4. The van der Waals surface area contributed by atoms with Gasteiger partial charge in [-0.15, -0.1) is 0 Å². The Labute approximate surface area is 345 Å². The molecule has 2 N–H and O–H groups in total. The SMILES string of the molecule is CN1C(=O)C[C@H](C(=O)NCCOCCOCCOCCOCCOCCOCCOCCOCCOCCOCCOCCOCCC(=O)O)[C@@]1([SiH3])c1cccnc1. The van der Waals surface area contributed by atoms with Gasteiger partial charge in [0.2, 0.25) is 11.8 Å². The number of aliphatic carboxylic acids is 1. The van der Waals surface area contributed by atoms with Gasteiger partial charge in [0.25, 0.3) is 0 Å². The predicted octanol–water partition coefficient (Wildman–Crippen LogP) is -1.13. The van der Waals surface area contributed by atoms with E-state index in [-0.39, 0.29) is 31.3 Å². The number of carboxylic acids is 1. The van der Waals surface area contributed by atoms with Crippen LogP contribution in [0.1, 0.15) is 18.4 Å². The van der Waals surface area contributed by atoms with Crippen LogP contribution in [0.5, 0.6) is 0 Å². The van der Waals surface area contributed by atoms with Crippen LogP contribution in [0, 0.1) is 5.92 Å². The van der Waals surface area contributed by atoms with Crippen LogP contribution >= 0.6 is 0 Å². The maximum absolute atomic E-state index is 13.0. The Kier molecular flexibility index (Phi) is 31.1. The van der Waals surface area contributed by atoms with E-state index in [1.807, 2.05) is 12.1 Å². The minimum Gasteiger partial charge on any atom is -0.481 e. The topological polar surface area (TPSA) is 210 Å². The van der Waals surface area contributed by atoms with Gasteiger partial charge in [0, 0.05) is 42.6 Å². The molecule has 0 radical (unpaired) electrons. The van der Waals surface area contributed by atoms with Crippen LogP contribution in [-0.4, -0.2) is 215 Å². The van der Waals surface area contributed by atoms with Gasteiger partial charge in [0.1, 0.15) is 0 Å². The quantitative estimate of drug-likeness (QED) is 0.0590. The van der Waals surface area contributed by atoms with Crippen LogP contribution in [-0.2, 0) is 76.4 Å². The average Bonchev–Trinajstić information content (AvgIpc) is 3.46. The Morgan fingerprint density at radius 3 is 1.33 bits per heavy atom. The summed E-state index contributed by atoms with van der Waals surface area (Å²) >= 11 is 0. The summed E-state index contributed by atoms with van der Waals surface area (Å²) in [5, 5.41) is 10.8. The van der Waals surface area contributed by atoms with Crippen LogP contribution in [0.25, 0.3) is 0 Å². The molecule has 0 aromatic carbocycles. The van der Waals surface area contributed by atoms with E-state index in [0.29, 0.717) is 169 Å². The number of amides is 2. The number of hydrogen-bond donors (Lipinski definition) is 2. The fourth-order valence-corrected chi connectivity index (χ4v) is 6.47. The third kappa shape index (κ3) is 24.4. The second-order valence-electron chi connectivity index (χ2n) is 12.9. The fraction of sp³-hybridized carbons (Fsp3) is 0.789. The van der Waals surface area contributed by atoms with Crippen molar-refractivity contribution in [1.29, 1.82) is 0 Å². The van der Waals surface area contributed by atoms with Crippen LogP contribution in [0.2, 0.25) is 0 Å². The first-order chi connectivity index (χ1) is 28.4. The maximum atomic E-state index is 13.0. The summed E-state index contributed by atoms with van der Waals surface area (Å²) in [7, 11) is 2.36. The number of nitrogens with one attached hydrogen (secondary N) is 1. The predicted molar refractivity (Wildman–Crippen MR) is 212 cm³/mol. The van der Waals surface area contributed by atoms with E-state index in [4.69, 9.17) is 61.9 Å². The molecule has 0 spiro atoms. The molecule has 1 aromatic rings. The lowest BCUT2D eigenvalue weighted by Gasteiger charge is -2.37. The smallest absolute Gasteiger partial charge is 0.305 e. The molecule has 1 fully saturated rings. The van der Waals surface area contributed by atoms with Crippen molar-refractivity contribution < 1.29 is 76.3 Å². The highest BCUT2D eigenvalue weighted by Gasteiger charge is 2.52. The molecular weight excluding hydrogens is 783 g/mol. The van der Waals surface area contributed by atoms with Crippen LogP contribution in [0.3, 0.4) is 0 Å². The lowest BCUT2D eigenvalue weighted by atomic mass is 9.92. The first-order valence-corrected chi connectivity index (χ1v) is 21.0. The highest BCUT2D eigenvalue weighted by Crippen LogP contribution is 2.40. The van der Waals surface area contributed by atoms with Crippen molar-refractivity contribution in [3.05, 3.63) is 30.1 Å². The van der Waals surface area contributed by atoms with Crippen LogP contribution < -0.4 is 5.32 Å². The number of carboxylic acid groups (broad SMARTS) is 1. The van der Waals surface area contributed by atoms with E-state index in [9.17, 15) is 14.4 Å². The zero-order valence-electron chi connectivity index (χ0n) is 34.4. The first kappa shape index (κ1) is 51.4. The Balaban J connectivity index is 1.21. The first-order valence-electron chi connectivity index (χ1n) is 20.0. The molecule has 1 aliphatic rings. The molecule has 1 aliphatic heterocycles. The van der Waals surface area contributed by atoms with Gasteiger partial charge in [-0.2, -0.15) is 0 Å². The molecule has 58 heavy (non-hydrogen) atoms. The minimum atomic E-state index is -0.880. The number of carbonyl (C=O) groups excluding carboxylic acids is 2. The van der Waals surface area contributed by atoms with Crippen molar-refractivity contribution in [2.45, 2.75) is 18.0 Å². The van der Waals surface area contributed by atoms with E-state index in [2.05, 4.69) is 10.3 Å². The molecule has 1 aromatic heterocycles. The number of ether oxygens (including phenoxy) is 12. The zero-order chi connectivity index (χ0) is 41.8. The Hall–Kier alpha value is -2.70. The fourth-order valence-electron chi connectivity index (χ4n) is 5.46. The largest absolute Gasteiger partial charge is 0.481 e. The Morgan fingerprint density at radius 1 is 0.655 bits per heavy atom. The van der Waals surface area contributed by atoms with Gasteiger partial charge in [0.05, 0.1) is 176 Å².